The van der Waals surface area contributed by atoms with Gasteiger partial charge in [-0.25, -0.2) is 14.4 Å². The van der Waals surface area contributed by atoms with Crippen LogP contribution in [0.1, 0.15) is 66.3 Å². The molecule has 0 aliphatic carbocycles. The predicted octanol–water partition coefficient (Wildman–Crippen LogP) is 6.45. The van der Waals surface area contributed by atoms with E-state index in [1.165, 1.54) is 4.90 Å². The van der Waals surface area contributed by atoms with Gasteiger partial charge < -0.3 is 23.6 Å². The number of halogens is 1. The van der Waals surface area contributed by atoms with E-state index in [2.05, 4.69) is 49.0 Å². The number of fused-ring (bicyclic) bond motifs is 1. The number of imide groups is 1. The van der Waals surface area contributed by atoms with E-state index in [0.29, 0.717) is 53.5 Å². The van der Waals surface area contributed by atoms with E-state index < -0.39 is 8.32 Å². The smallest absolute Gasteiger partial charge is 0.261 e. The SMILES string of the molecule is CC(C)(C)[Si](C)(C)OCc1cccc(-c2cnc(N3CC(=NOCC(COC4CCCCO4)CN4C(=O)c5ccccc5C4=O)C3)nc2)c1F. The lowest BCUT2D eigenvalue weighted by Crippen LogP contribution is -2.48. The van der Waals surface area contributed by atoms with Crippen molar-refractivity contribution in [3.63, 3.8) is 0 Å². The molecule has 11 nitrogen and oxygen atoms in total. The van der Waals surface area contributed by atoms with Gasteiger partial charge in [-0.05, 0) is 49.5 Å². The number of rotatable bonds is 13. The molecular weight excluding hydrogens is 658 g/mol. The topological polar surface area (TPSA) is 116 Å². The van der Waals surface area contributed by atoms with Crippen LogP contribution in [0.3, 0.4) is 0 Å². The summed E-state index contributed by atoms with van der Waals surface area (Å²) in [6.45, 7) is 13.2. The number of anilines is 1. The molecule has 3 aliphatic heterocycles. The molecule has 266 valence electrons. The first kappa shape index (κ1) is 35.8. The third-order valence-corrected chi connectivity index (χ3v) is 14.4. The lowest BCUT2D eigenvalue weighted by atomic mass is 10.1. The van der Waals surface area contributed by atoms with Gasteiger partial charge in [0.25, 0.3) is 11.8 Å². The van der Waals surface area contributed by atoms with Crippen molar-refractivity contribution in [1.29, 1.82) is 0 Å². The second kappa shape index (κ2) is 15.1. The standard InChI is InChI=1S/C37H46FN5O6Si/c1-37(2,3)50(4,5)49-24-26-11-10-14-29(33(26)38)27-17-39-36(40-18-27)42-20-28(21-42)41-48-23-25(22-47-32-15-8-9-16-46-32)19-43-34(44)30-12-6-7-13-31(30)35(43)45/h6-7,10-14,17-18,25,32H,8-9,15-16,19-24H2,1-5H3. The van der Waals surface area contributed by atoms with Gasteiger partial charge in [0.05, 0.1) is 43.1 Å². The summed E-state index contributed by atoms with van der Waals surface area (Å²) in [5.74, 6) is -0.757. The molecule has 1 aromatic heterocycles. The summed E-state index contributed by atoms with van der Waals surface area (Å²) in [6, 6.07) is 12.2. The van der Waals surface area contributed by atoms with Crippen LogP contribution in [0.2, 0.25) is 18.1 Å². The largest absolute Gasteiger partial charge is 0.412 e. The van der Waals surface area contributed by atoms with Crippen LogP contribution in [0, 0.1) is 11.7 Å². The van der Waals surface area contributed by atoms with Crippen molar-refractivity contribution in [2.45, 2.75) is 71.1 Å². The van der Waals surface area contributed by atoms with Gasteiger partial charge in [-0.2, -0.15) is 0 Å². The van der Waals surface area contributed by atoms with E-state index in [9.17, 15) is 9.59 Å². The van der Waals surface area contributed by atoms with Gasteiger partial charge in [0.2, 0.25) is 5.95 Å². The quantitative estimate of drug-likeness (QED) is 0.113. The molecule has 0 spiro atoms. The zero-order chi connectivity index (χ0) is 35.5. The molecule has 2 unspecified atom stereocenters. The Hall–Kier alpha value is -4.04. The number of carbonyl (C=O) groups excluding carboxylic acids is 2. The second-order valence-electron chi connectivity index (χ2n) is 14.7. The summed E-state index contributed by atoms with van der Waals surface area (Å²) in [5.41, 5.74) is 3.15. The van der Waals surface area contributed by atoms with Crippen LogP contribution in [-0.2, 0) is 25.3 Å². The summed E-state index contributed by atoms with van der Waals surface area (Å²) in [4.78, 5) is 44.0. The van der Waals surface area contributed by atoms with Crippen molar-refractivity contribution in [2.75, 3.05) is 44.4 Å². The average Bonchev–Trinajstić information content (AvgIpc) is 3.32. The molecule has 2 saturated heterocycles. The van der Waals surface area contributed by atoms with Gasteiger partial charge >= 0.3 is 0 Å². The highest BCUT2D eigenvalue weighted by atomic mass is 28.4. The van der Waals surface area contributed by atoms with Crippen LogP contribution in [0.25, 0.3) is 11.1 Å². The normalized spacial score (nSPS) is 18.6. The minimum absolute atomic E-state index is 0.0319. The zero-order valence-corrected chi connectivity index (χ0v) is 30.5. The summed E-state index contributed by atoms with van der Waals surface area (Å²) in [6.07, 6.45) is 5.78. The summed E-state index contributed by atoms with van der Waals surface area (Å²) in [7, 11) is -2.03. The highest BCUT2D eigenvalue weighted by Crippen LogP contribution is 2.37. The van der Waals surface area contributed by atoms with E-state index in [1.54, 1.807) is 48.8 Å². The van der Waals surface area contributed by atoms with Crippen molar-refractivity contribution in [2.24, 2.45) is 11.1 Å². The summed E-state index contributed by atoms with van der Waals surface area (Å²) in [5, 5.41) is 4.35. The molecule has 2 amide bonds. The number of hydrogen-bond acceptors (Lipinski definition) is 10. The van der Waals surface area contributed by atoms with Crippen LogP contribution in [0.4, 0.5) is 10.3 Å². The molecule has 2 aromatic carbocycles. The van der Waals surface area contributed by atoms with Gasteiger partial charge in [0.1, 0.15) is 12.4 Å². The maximum absolute atomic E-state index is 15.5. The van der Waals surface area contributed by atoms with Crippen molar-refractivity contribution in [3.8, 4) is 11.1 Å². The van der Waals surface area contributed by atoms with Gasteiger partial charge in [-0.15, -0.1) is 0 Å². The van der Waals surface area contributed by atoms with Crippen molar-refractivity contribution >= 4 is 31.8 Å². The molecule has 2 atom stereocenters. The van der Waals surface area contributed by atoms with Crippen molar-refractivity contribution in [1.82, 2.24) is 14.9 Å². The molecule has 13 heteroatoms. The van der Waals surface area contributed by atoms with Gasteiger partial charge in [0, 0.05) is 48.2 Å². The zero-order valence-electron chi connectivity index (χ0n) is 29.5. The maximum Gasteiger partial charge on any atom is 0.261 e. The molecule has 0 bridgehead atoms. The fourth-order valence-electron chi connectivity index (χ4n) is 5.74. The molecule has 2 fully saturated rings. The average molecular weight is 704 g/mol. The Morgan fingerprint density at radius 2 is 1.66 bits per heavy atom. The van der Waals surface area contributed by atoms with Crippen LogP contribution in [0.15, 0.2) is 60.0 Å². The number of benzene rings is 2. The van der Waals surface area contributed by atoms with Gasteiger partial charge in [-0.3, -0.25) is 14.5 Å². The van der Waals surface area contributed by atoms with Crippen LogP contribution < -0.4 is 4.90 Å². The Labute approximate surface area is 293 Å². The Balaban J connectivity index is 1.03. The minimum atomic E-state index is -2.03. The third kappa shape index (κ3) is 7.96. The number of aromatic nitrogens is 2. The molecule has 4 heterocycles. The Bertz CT molecular complexity index is 1680. The fourth-order valence-corrected chi connectivity index (χ4v) is 6.69. The van der Waals surface area contributed by atoms with Gasteiger partial charge in [0.15, 0.2) is 14.6 Å². The van der Waals surface area contributed by atoms with E-state index in [4.69, 9.17) is 18.7 Å². The highest BCUT2D eigenvalue weighted by molar-refractivity contribution is 6.74. The first-order valence-electron chi connectivity index (χ1n) is 17.3. The second-order valence-corrected chi connectivity index (χ2v) is 19.5. The number of hydrogen-bond donors (Lipinski definition) is 0. The van der Waals surface area contributed by atoms with Crippen molar-refractivity contribution < 1.29 is 32.7 Å². The Morgan fingerprint density at radius 1 is 0.980 bits per heavy atom. The number of nitrogens with zero attached hydrogens (tertiary/aromatic N) is 5. The highest BCUT2D eigenvalue weighted by Gasteiger charge is 2.38. The lowest BCUT2D eigenvalue weighted by molar-refractivity contribution is -0.172. The lowest BCUT2D eigenvalue weighted by Gasteiger charge is -2.36. The van der Waals surface area contributed by atoms with Crippen LogP contribution >= 0.6 is 0 Å². The van der Waals surface area contributed by atoms with Crippen LogP contribution in [-0.4, -0.2) is 86.5 Å². The monoisotopic (exact) mass is 703 g/mol. The third-order valence-electron chi connectivity index (χ3n) is 9.93. The number of carbonyl (C=O) groups is 2. The molecule has 0 saturated carbocycles. The summed E-state index contributed by atoms with van der Waals surface area (Å²) >= 11 is 0. The minimum Gasteiger partial charge on any atom is -0.412 e. The molecular formula is C37H46FN5O6Si. The summed E-state index contributed by atoms with van der Waals surface area (Å²) < 4.78 is 33.5. The molecule has 3 aromatic rings. The number of oxime groups is 1. The predicted molar refractivity (Wildman–Crippen MR) is 190 cm³/mol. The maximum atomic E-state index is 15.5. The number of amides is 2. The molecule has 0 radical (unpaired) electrons. The number of ether oxygens (including phenoxy) is 2. The molecule has 3 aliphatic rings. The first-order valence-corrected chi connectivity index (χ1v) is 20.2. The fraction of sp³-hybridized carbons (Fsp3) is 0.486. The van der Waals surface area contributed by atoms with E-state index in [0.717, 1.165) is 25.0 Å². The van der Waals surface area contributed by atoms with E-state index >= 15 is 4.39 Å². The van der Waals surface area contributed by atoms with Crippen LogP contribution in [0.5, 0.6) is 0 Å². The van der Waals surface area contributed by atoms with Gasteiger partial charge in [-0.1, -0.05) is 56.3 Å². The molecule has 6 rings (SSSR count). The van der Waals surface area contributed by atoms with E-state index in [1.807, 2.05) is 11.0 Å². The van der Waals surface area contributed by atoms with E-state index in [-0.39, 0.29) is 61.2 Å². The molecule has 0 N–H and O–H groups in total. The van der Waals surface area contributed by atoms with Crippen molar-refractivity contribution in [3.05, 3.63) is 77.4 Å². The Kier molecular flexibility index (Phi) is 10.8. The Morgan fingerprint density at radius 3 is 2.30 bits per heavy atom. The molecule has 50 heavy (non-hydrogen) atoms. The first-order chi connectivity index (χ1) is 23.9.